The van der Waals surface area contributed by atoms with Crippen LogP contribution < -0.4 is 0 Å². The fourth-order valence-electron chi connectivity index (χ4n) is 2.59. The van der Waals surface area contributed by atoms with Gasteiger partial charge in [-0.2, -0.15) is 0 Å². The van der Waals surface area contributed by atoms with Gasteiger partial charge < -0.3 is 4.57 Å². The van der Waals surface area contributed by atoms with Gasteiger partial charge in [-0.1, -0.05) is 46.3 Å². The second-order valence-corrected chi connectivity index (χ2v) is 6.49. The third kappa shape index (κ3) is 1.74. The van der Waals surface area contributed by atoms with Crippen molar-refractivity contribution in [1.82, 2.24) is 9.55 Å². The molecule has 1 atom stereocenters. The number of fused-ring (bicyclic) bond motifs is 3. The van der Waals surface area contributed by atoms with Gasteiger partial charge in [0.25, 0.3) is 0 Å². The highest BCUT2D eigenvalue weighted by Gasteiger charge is 2.28. The van der Waals surface area contributed by atoms with E-state index in [0.29, 0.717) is 5.37 Å². The number of benzene rings is 2. The van der Waals surface area contributed by atoms with Gasteiger partial charge in [-0.3, -0.25) is 0 Å². The third-order valence-electron chi connectivity index (χ3n) is 3.44. The number of para-hydroxylation sites is 2. The Labute approximate surface area is 124 Å². The average Bonchev–Trinajstić information content (AvgIpc) is 2.98. The van der Waals surface area contributed by atoms with Gasteiger partial charge in [0.1, 0.15) is 11.2 Å². The summed E-state index contributed by atoms with van der Waals surface area (Å²) in [4.78, 5) is 4.73. The van der Waals surface area contributed by atoms with E-state index in [1.165, 1.54) is 16.9 Å². The molecule has 2 heterocycles. The Morgan fingerprint density at radius 2 is 1.89 bits per heavy atom. The lowest BCUT2D eigenvalue weighted by Gasteiger charge is -2.15. The standard InChI is InChI=1S/C15H11BrN2S/c16-11-6-2-1-5-10(11)15-18-13-8-4-3-7-12(13)17-14(18)9-19-15/h1-8,15H,9H2/t15-/m0/s1. The molecule has 0 fully saturated rings. The van der Waals surface area contributed by atoms with Crippen molar-refractivity contribution in [3.05, 3.63) is 64.4 Å². The minimum atomic E-state index is 0.318. The molecule has 1 aromatic heterocycles. The van der Waals surface area contributed by atoms with E-state index in [9.17, 15) is 0 Å². The molecule has 0 amide bonds. The monoisotopic (exact) mass is 330 g/mol. The lowest BCUT2D eigenvalue weighted by molar-refractivity contribution is 0.791. The predicted octanol–water partition coefficient (Wildman–Crippen LogP) is 4.59. The van der Waals surface area contributed by atoms with E-state index in [-0.39, 0.29) is 0 Å². The van der Waals surface area contributed by atoms with Crippen LogP contribution in [0.3, 0.4) is 0 Å². The second-order valence-electron chi connectivity index (χ2n) is 4.57. The molecule has 1 aliphatic rings. The number of imidazole rings is 1. The molecule has 4 rings (SSSR count). The maximum atomic E-state index is 4.73. The zero-order valence-electron chi connectivity index (χ0n) is 10.1. The fraction of sp³-hybridized carbons (Fsp3) is 0.133. The summed E-state index contributed by atoms with van der Waals surface area (Å²) in [5.74, 6) is 2.15. The Hall–Kier alpha value is -1.26. The normalized spacial score (nSPS) is 17.8. The highest BCUT2D eigenvalue weighted by molar-refractivity contribution is 9.10. The second kappa shape index (κ2) is 4.39. The number of halogens is 1. The van der Waals surface area contributed by atoms with Crippen LogP contribution in [0.2, 0.25) is 0 Å². The molecule has 4 heteroatoms. The van der Waals surface area contributed by atoms with Gasteiger partial charge in [0.05, 0.1) is 16.8 Å². The lowest BCUT2D eigenvalue weighted by Crippen LogP contribution is -2.03. The van der Waals surface area contributed by atoms with Crippen molar-refractivity contribution < 1.29 is 0 Å². The number of thioether (sulfide) groups is 1. The Balaban J connectivity index is 1.94. The van der Waals surface area contributed by atoms with E-state index < -0.39 is 0 Å². The number of hydrogen-bond acceptors (Lipinski definition) is 2. The molecule has 1 aliphatic heterocycles. The van der Waals surface area contributed by atoms with Gasteiger partial charge in [-0.05, 0) is 23.8 Å². The average molecular weight is 331 g/mol. The minimum absolute atomic E-state index is 0.318. The molecule has 0 radical (unpaired) electrons. The molecule has 0 unspecified atom stereocenters. The highest BCUT2D eigenvalue weighted by atomic mass is 79.9. The van der Waals surface area contributed by atoms with Crippen LogP contribution in [-0.4, -0.2) is 9.55 Å². The first-order chi connectivity index (χ1) is 9.34. The van der Waals surface area contributed by atoms with Crippen molar-refractivity contribution in [2.24, 2.45) is 0 Å². The molecule has 0 saturated carbocycles. The fourth-order valence-corrected chi connectivity index (χ4v) is 4.52. The SMILES string of the molecule is Brc1ccccc1[C@@H]1SCc2nc3ccccc3n21. The molecule has 2 nitrogen and oxygen atoms in total. The van der Waals surface area contributed by atoms with Crippen LogP contribution in [0.1, 0.15) is 16.8 Å². The van der Waals surface area contributed by atoms with Gasteiger partial charge >= 0.3 is 0 Å². The lowest BCUT2D eigenvalue weighted by atomic mass is 10.2. The number of rotatable bonds is 1. The Bertz CT molecular complexity index is 766. The number of aromatic nitrogens is 2. The first-order valence-corrected chi connectivity index (χ1v) is 8.00. The molecule has 3 aromatic rings. The van der Waals surface area contributed by atoms with E-state index >= 15 is 0 Å². The molecule has 0 saturated heterocycles. The van der Waals surface area contributed by atoms with Crippen LogP contribution in [0.4, 0.5) is 0 Å². The summed E-state index contributed by atoms with van der Waals surface area (Å²) in [6.07, 6.45) is 0. The first-order valence-electron chi connectivity index (χ1n) is 6.16. The van der Waals surface area contributed by atoms with Crippen molar-refractivity contribution in [3.63, 3.8) is 0 Å². The summed E-state index contributed by atoms with van der Waals surface area (Å²) in [7, 11) is 0. The first kappa shape index (κ1) is 11.6. The number of hydrogen-bond donors (Lipinski definition) is 0. The smallest absolute Gasteiger partial charge is 0.121 e. The van der Waals surface area contributed by atoms with Gasteiger partial charge in [0, 0.05) is 4.47 Å². The molecule has 94 valence electrons. The van der Waals surface area contributed by atoms with Crippen LogP contribution in [0, 0.1) is 0 Å². The summed E-state index contributed by atoms with van der Waals surface area (Å²) in [5, 5.41) is 0.318. The van der Waals surface area contributed by atoms with Gasteiger partial charge in [0.2, 0.25) is 0 Å². The number of nitrogens with zero attached hydrogens (tertiary/aromatic N) is 2. The summed E-state index contributed by atoms with van der Waals surface area (Å²) in [5.41, 5.74) is 3.63. The van der Waals surface area contributed by atoms with Crippen molar-refractivity contribution >= 4 is 38.7 Å². The molecule has 0 N–H and O–H groups in total. The summed E-state index contributed by atoms with van der Waals surface area (Å²) in [6.45, 7) is 0. The summed E-state index contributed by atoms with van der Waals surface area (Å²) >= 11 is 5.59. The van der Waals surface area contributed by atoms with E-state index in [4.69, 9.17) is 4.98 Å². The van der Waals surface area contributed by atoms with Gasteiger partial charge in [-0.15, -0.1) is 11.8 Å². The predicted molar refractivity (Wildman–Crippen MR) is 83.3 cm³/mol. The zero-order chi connectivity index (χ0) is 12.8. The van der Waals surface area contributed by atoms with Crippen LogP contribution in [0.15, 0.2) is 53.0 Å². The molecular weight excluding hydrogens is 320 g/mol. The Kier molecular flexibility index (Phi) is 2.67. The Morgan fingerprint density at radius 1 is 1.11 bits per heavy atom. The molecule has 19 heavy (non-hydrogen) atoms. The molecule has 0 spiro atoms. The molecule has 0 aliphatic carbocycles. The highest BCUT2D eigenvalue weighted by Crippen LogP contribution is 2.44. The van der Waals surface area contributed by atoms with Crippen LogP contribution in [0.25, 0.3) is 11.0 Å². The summed E-state index contributed by atoms with van der Waals surface area (Å²) in [6, 6.07) is 16.8. The van der Waals surface area contributed by atoms with E-state index in [0.717, 1.165) is 15.7 Å². The largest absolute Gasteiger partial charge is 0.310 e. The minimum Gasteiger partial charge on any atom is -0.310 e. The zero-order valence-corrected chi connectivity index (χ0v) is 12.5. The third-order valence-corrected chi connectivity index (χ3v) is 5.37. The van der Waals surface area contributed by atoms with Crippen molar-refractivity contribution in [3.8, 4) is 0 Å². The van der Waals surface area contributed by atoms with Gasteiger partial charge in [-0.25, -0.2) is 4.98 Å². The van der Waals surface area contributed by atoms with E-state index in [2.05, 4.69) is 63.0 Å². The van der Waals surface area contributed by atoms with Crippen molar-refractivity contribution in [2.45, 2.75) is 11.1 Å². The van der Waals surface area contributed by atoms with Crippen LogP contribution in [-0.2, 0) is 5.75 Å². The topological polar surface area (TPSA) is 17.8 Å². The molecule has 2 aromatic carbocycles. The van der Waals surface area contributed by atoms with Crippen LogP contribution in [0.5, 0.6) is 0 Å². The van der Waals surface area contributed by atoms with E-state index in [1.807, 2.05) is 17.8 Å². The maximum absolute atomic E-state index is 4.73. The molecule has 0 bridgehead atoms. The van der Waals surface area contributed by atoms with Gasteiger partial charge in [0.15, 0.2) is 0 Å². The van der Waals surface area contributed by atoms with Crippen molar-refractivity contribution in [1.29, 1.82) is 0 Å². The quantitative estimate of drug-likeness (QED) is 0.649. The summed E-state index contributed by atoms with van der Waals surface area (Å²) < 4.78 is 3.53. The van der Waals surface area contributed by atoms with E-state index in [1.54, 1.807) is 0 Å². The maximum Gasteiger partial charge on any atom is 0.121 e. The molecular formula is C15H11BrN2S. The Morgan fingerprint density at radius 3 is 2.79 bits per heavy atom. The van der Waals surface area contributed by atoms with Crippen LogP contribution >= 0.6 is 27.7 Å². The van der Waals surface area contributed by atoms with Crippen molar-refractivity contribution in [2.75, 3.05) is 0 Å².